The standard InChI is InChI=1S/C90H54N8/c91-55-58-33-35-63(36-34-58)72-29-17-18-32-75(72)90-95-88(68-41-47-82(76(53-68)73-30-15-13-27-70(73)56-92)97-84-43-37-64(59-19-5-1-6-20-59)49-78(84)79-50-65(38-44-85(79)97)60-21-7-2-8-22-60)94-89(96-90)69-42-48-83(77(54-69)74-31-16-14-28-71(74)57-93)98-86-45-39-66(61-23-9-3-10-24-61)51-80(86)81-52-67(40-46-87(81)98)62-25-11-4-12-26-62/h1-54H. The molecule has 14 aromatic carbocycles. The fourth-order valence-corrected chi connectivity index (χ4v) is 14.0. The predicted octanol–water partition coefficient (Wildman–Crippen LogP) is 22.4. The van der Waals surface area contributed by atoms with E-state index in [0.717, 1.165) is 138 Å². The lowest BCUT2D eigenvalue weighted by Gasteiger charge is -2.18. The monoisotopic (exact) mass is 1250 g/mol. The summed E-state index contributed by atoms with van der Waals surface area (Å²) in [5.74, 6) is 1.23. The molecule has 0 unspecified atom stereocenters. The third-order valence-electron chi connectivity index (χ3n) is 18.8. The fourth-order valence-electron chi connectivity index (χ4n) is 14.0. The summed E-state index contributed by atoms with van der Waals surface area (Å²) >= 11 is 0. The topological polar surface area (TPSA) is 120 Å². The van der Waals surface area contributed by atoms with Gasteiger partial charge >= 0.3 is 0 Å². The normalized spacial score (nSPS) is 11.2. The van der Waals surface area contributed by atoms with Crippen LogP contribution in [0.4, 0.5) is 0 Å². The van der Waals surface area contributed by atoms with Gasteiger partial charge in [-0.25, -0.2) is 15.0 Å². The molecule has 3 aromatic heterocycles. The van der Waals surface area contributed by atoms with Crippen LogP contribution in [0.15, 0.2) is 328 Å². The molecular weight excluding hydrogens is 1190 g/mol. The molecule has 0 spiro atoms. The van der Waals surface area contributed by atoms with Crippen LogP contribution in [0.2, 0.25) is 0 Å². The first-order valence-electron chi connectivity index (χ1n) is 32.5. The molecular formula is C90H54N8. The van der Waals surface area contributed by atoms with Gasteiger partial charge in [0.1, 0.15) is 0 Å². The Bertz CT molecular complexity index is 5610. The SMILES string of the molecule is N#Cc1ccc(-c2ccccc2-c2nc(-c3ccc(-n4c5ccc(-c6ccccc6)cc5c5cc(-c6ccccc6)ccc54)c(-c4ccccc4C#N)c3)nc(-c3ccc(-n4c5ccc(-c6ccccc6)cc5c5cc(-c6ccccc6)ccc54)c(-c4ccccc4C#N)c3)n2)cc1. The first kappa shape index (κ1) is 58.0. The summed E-state index contributed by atoms with van der Waals surface area (Å²) in [6.45, 7) is 0. The Hall–Kier alpha value is -13.8. The Morgan fingerprint density at radius 1 is 0.214 bits per heavy atom. The van der Waals surface area contributed by atoms with E-state index in [9.17, 15) is 15.8 Å². The van der Waals surface area contributed by atoms with Crippen molar-refractivity contribution in [1.29, 1.82) is 15.8 Å². The van der Waals surface area contributed by atoms with E-state index < -0.39 is 0 Å². The van der Waals surface area contributed by atoms with Crippen LogP contribution in [0.3, 0.4) is 0 Å². The van der Waals surface area contributed by atoms with E-state index in [1.807, 2.05) is 121 Å². The lowest BCUT2D eigenvalue weighted by atomic mass is 9.95. The molecule has 17 aromatic rings. The van der Waals surface area contributed by atoms with E-state index in [1.54, 1.807) is 0 Å². The van der Waals surface area contributed by atoms with E-state index in [4.69, 9.17) is 15.0 Å². The van der Waals surface area contributed by atoms with Crippen LogP contribution in [-0.4, -0.2) is 24.1 Å². The number of hydrogen-bond acceptors (Lipinski definition) is 6. The van der Waals surface area contributed by atoms with Gasteiger partial charge in [0, 0.05) is 60.5 Å². The van der Waals surface area contributed by atoms with Crippen molar-refractivity contribution in [2.24, 2.45) is 0 Å². The van der Waals surface area contributed by atoms with Crippen LogP contribution in [-0.2, 0) is 0 Å². The number of aromatic nitrogens is 5. The first-order valence-corrected chi connectivity index (χ1v) is 32.5. The van der Waals surface area contributed by atoms with Crippen molar-refractivity contribution in [3.05, 3.63) is 344 Å². The lowest BCUT2D eigenvalue weighted by molar-refractivity contribution is 1.07. The van der Waals surface area contributed by atoms with Gasteiger partial charge in [-0.05, 0) is 165 Å². The highest BCUT2D eigenvalue weighted by molar-refractivity contribution is 6.14. The minimum atomic E-state index is 0.401. The second-order valence-electron chi connectivity index (χ2n) is 24.4. The number of nitrogens with zero attached hydrogens (tertiary/aromatic N) is 8. The summed E-state index contributed by atoms with van der Waals surface area (Å²) in [6.07, 6.45) is 0. The molecule has 17 rings (SSSR count). The highest BCUT2D eigenvalue weighted by atomic mass is 15.0. The molecule has 98 heavy (non-hydrogen) atoms. The highest BCUT2D eigenvalue weighted by Crippen LogP contribution is 2.45. The zero-order valence-corrected chi connectivity index (χ0v) is 52.8. The second kappa shape index (κ2) is 24.6. The zero-order chi connectivity index (χ0) is 65.6. The molecule has 0 saturated heterocycles. The maximum atomic E-state index is 11.0. The number of rotatable bonds is 12. The van der Waals surface area contributed by atoms with Crippen LogP contribution >= 0.6 is 0 Å². The molecule has 0 N–H and O–H groups in total. The van der Waals surface area contributed by atoms with Gasteiger partial charge in [-0.1, -0.05) is 218 Å². The van der Waals surface area contributed by atoms with E-state index in [2.05, 4.69) is 234 Å². The Morgan fingerprint density at radius 2 is 0.520 bits per heavy atom. The number of hydrogen-bond donors (Lipinski definition) is 0. The third-order valence-corrected chi connectivity index (χ3v) is 18.8. The van der Waals surface area contributed by atoms with Crippen LogP contribution in [0.5, 0.6) is 0 Å². The molecule has 0 fully saturated rings. The first-order chi connectivity index (χ1) is 48.4. The minimum Gasteiger partial charge on any atom is -0.309 e. The Kier molecular flexibility index (Phi) is 14.5. The summed E-state index contributed by atoms with van der Waals surface area (Å²) in [6, 6.07) is 120. The minimum absolute atomic E-state index is 0.401. The maximum Gasteiger partial charge on any atom is 0.164 e. The van der Waals surface area contributed by atoms with Crippen molar-refractivity contribution in [2.45, 2.75) is 0 Å². The summed E-state index contributed by atoms with van der Waals surface area (Å²) in [4.78, 5) is 16.4. The van der Waals surface area contributed by atoms with E-state index in [1.165, 1.54) is 0 Å². The molecule has 8 nitrogen and oxygen atoms in total. The summed E-state index contributed by atoms with van der Waals surface area (Å²) in [5, 5.41) is 36.2. The van der Waals surface area contributed by atoms with Gasteiger partial charge in [0.05, 0.1) is 68.3 Å². The third kappa shape index (κ3) is 10.3. The molecule has 0 aliphatic carbocycles. The van der Waals surface area contributed by atoms with Crippen LogP contribution in [0, 0.1) is 34.0 Å². The summed E-state index contributed by atoms with van der Waals surface area (Å²) < 4.78 is 4.65. The maximum absolute atomic E-state index is 11.0. The summed E-state index contributed by atoms with van der Waals surface area (Å²) in [7, 11) is 0. The molecule has 0 amide bonds. The van der Waals surface area contributed by atoms with Crippen LogP contribution < -0.4 is 0 Å². The molecule has 0 saturated carbocycles. The summed E-state index contributed by atoms with van der Waals surface area (Å²) in [5.41, 5.74) is 23.2. The zero-order valence-electron chi connectivity index (χ0n) is 52.8. The largest absolute Gasteiger partial charge is 0.309 e. The fraction of sp³-hybridized carbons (Fsp3) is 0. The van der Waals surface area contributed by atoms with Crippen molar-refractivity contribution in [1.82, 2.24) is 24.1 Å². The molecule has 0 aliphatic heterocycles. The molecule has 454 valence electrons. The predicted molar refractivity (Wildman–Crippen MR) is 397 cm³/mol. The molecule has 0 atom stereocenters. The Morgan fingerprint density at radius 3 is 0.878 bits per heavy atom. The van der Waals surface area contributed by atoms with Crippen LogP contribution in [0.1, 0.15) is 16.7 Å². The van der Waals surface area contributed by atoms with Crippen LogP contribution in [0.25, 0.3) is 167 Å². The number of benzene rings is 14. The molecule has 3 heterocycles. The van der Waals surface area contributed by atoms with Crippen molar-refractivity contribution < 1.29 is 0 Å². The highest BCUT2D eigenvalue weighted by Gasteiger charge is 2.25. The van der Waals surface area contributed by atoms with Gasteiger partial charge in [0.25, 0.3) is 0 Å². The van der Waals surface area contributed by atoms with Gasteiger partial charge in [0.2, 0.25) is 0 Å². The van der Waals surface area contributed by atoms with Crippen molar-refractivity contribution in [3.8, 4) is 142 Å². The van der Waals surface area contributed by atoms with E-state index in [-0.39, 0.29) is 0 Å². The Labute approximate surface area is 566 Å². The van der Waals surface area contributed by atoms with Gasteiger partial charge in [-0.2, -0.15) is 15.8 Å². The average molecular weight is 1250 g/mol. The molecule has 8 heteroatoms. The molecule has 0 bridgehead atoms. The van der Waals surface area contributed by atoms with Gasteiger partial charge in [-0.3, -0.25) is 0 Å². The Balaban J connectivity index is 0.902. The smallest absolute Gasteiger partial charge is 0.164 e. The van der Waals surface area contributed by atoms with Crippen molar-refractivity contribution in [3.63, 3.8) is 0 Å². The molecule has 0 radical (unpaired) electrons. The van der Waals surface area contributed by atoms with Crippen molar-refractivity contribution >= 4 is 43.6 Å². The van der Waals surface area contributed by atoms with Crippen molar-refractivity contribution in [2.75, 3.05) is 0 Å². The quantitative estimate of drug-likeness (QED) is 0.120. The van der Waals surface area contributed by atoms with Gasteiger partial charge < -0.3 is 9.13 Å². The van der Waals surface area contributed by atoms with E-state index in [0.29, 0.717) is 45.3 Å². The molecule has 0 aliphatic rings. The number of fused-ring (bicyclic) bond motifs is 6. The van der Waals surface area contributed by atoms with E-state index >= 15 is 0 Å². The average Bonchev–Trinajstić information content (AvgIpc) is 1.54. The van der Waals surface area contributed by atoms with Gasteiger partial charge in [-0.15, -0.1) is 0 Å². The number of nitriles is 3. The second-order valence-corrected chi connectivity index (χ2v) is 24.4. The lowest BCUT2D eigenvalue weighted by Crippen LogP contribution is -2.04. The van der Waals surface area contributed by atoms with Gasteiger partial charge in [0.15, 0.2) is 17.5 Å².